The van der Waals surface area contributed by atoms with Gasteiger partial charge in [-0.1, -0.05) is 59.6 Å². The highest BCUT2D eigenvalue weighted by atomic mass is 35.5. The Labute approximate surface area is 354 Å². The van der Waals surface area contributed by atoms with Gasteiger partial charge in [-0.25, -0.2) is 4.79 Å². The summed E-state index contributed by atoms with van der Waals surface area (Å²) in [4.78, 5) is 49.6. The number of carbonyl (C=O) groups is 4. The van der Waals surface area contributed by atoms with Crippen molar-refractivity contribution in [2.24, 2.45) is 0 Å². The molecule has 4 aromatic carbocycles. The highest BCUT2D eigenvalue weighted by Crippen LogP contribution is 2.36. The molecule has 4 aromatic rings. The van der Waals surface area contributed by atoms with Gasteiger partial charge in [0.2, 0.25) is 0 Å². The van der Waals surface area contributed by atoms with E-state index in [1.54, 1.807) is 30.3 Å². The number of piperidine rings is 1. The van der Waals surface area contributed by atoms with E-state index < -0.39 is 47.2 Å². The van der Waals surface area contributed by atoms with Gasteiger partial charge in [0.05, 0.1) is 51.9 Å². The van der Waals surface area contributed by atoms with Crippen molar-refractivity contribution in [3.8, 4) is 11.8 Å². The highest BCUT2D eigenvalue weighted by molar-refractivity contribution is 7.84. The molecule has 5 rings (SSSR count). The summed E-state index contributed by atoms with van der Waals surface area (Å²) in [7, 11) is 2.17. The number of halogens is 2. The Morgan fingerprint density at radius 2 is 1.64 bits per heavy atom. The fourth-order valence-corrected chi connectivity index (χ4v) is 8.40. The number of nitrogens with two attached hydrogens (primary N) is 1. The lowest BCUT2D eigenvalue weighted by Crippen LogP contribution is -2.42. The third-order valence-corrected chi connectivity index (χ3v) is 12.0. The number of carboxylic acids is 3. The zero-order chi connectivity index (χ0) is 43.6. The SMILES string of the molecule is COc1c(C#N)cc2ccccc2c1C(=O)N(C)C[C@@H](CCN1CCC(c2ccc(N)cc2S(C)=O)CC1)c1ccc(Cl)c(Cl)c1.O=C(O)CC(O)(CC(=O)O)C(=O)O. The molecule has 1 fully saturated rings. The van der Waals surface area contributed by atoms with Crippen LogP contribution in [0, 0.1) is 11.3 Å². The minimum absolute atomic E-state index is 0.0240. The van der Waals surface area contributed by atoms with Crippen molar-refractivity contribution >= 4 is 74.3 Å². The van der Waals surface area contributed by atoms with Crippen molar-refractivity contribution in [1.82, 2.24) is 9.80 Å². The van der Waals surface area contributed by atoms with Crippen molar-refractivity contribution in [2.45, 2.75) is 54.4 Å². The van der Waals surface area contributed by atoms with Crippen LogP contribution in [-0.4, -0.2) is 110 Å². The van der Waals surface area contributed by atoms with E-state index in [1.165, 1.54) is 7.11 Å². The number of fused-ring (bicyclic) bond motifs is 1. The quantitative estimate of drug-likeness (QED) is 0.0836. The Bertz CT molecular complexity index is 2260. The molecule has 14 nitrogen and oxygen atoms in total. The zero-order valence-corrected chi connectivity index (χ0v) is 35.0. The Morgan fingerprint density at radius 3 is 2.20 bits per heavy atom. The van der Waals surface area contributed by atoms with Gasteiger partial charge in [-0.15, -0.1) is 0 Å². The maximum atomic E-state index is 14.1. The number of hydrogen-bond acceptors (Lipinski definition) is 10. The molecule has 314 valence electrons. The second kappa shape index (κ2) is 20.6. The summed E-state index contributed by atoms with van der Waals surface area (Å²) < 4.78 is 18.0. The summed E-state index contributed by atoms with van der Waals surface area (Å²) >= 11 is 12.7. The van der Waals surface area contributed by atoms with Crippen LogP contribution in [0.25, 0.3) is 10.8 Å². The van der Waals surface area contributed by atoms with Crippen molar-refractivity contribution in [3.05, 3.63) is 99.0 Å². The number of hydrogen-bond donors (Lipinski definition) is 5. The number of anilines is 1. The minimum Gasteiger partial charge on any atom is -0.495 e. The van der Waals surface area contributed by atoms with Gasteiger partial charge in [-0.2, -0.15) is 5.26 Å². The van der Waals surface area contributed by atoms with Crippen LogP contribution in [-0.2, 0) is 25.2 Å². The number of nitriles is 1. The number of ether oxygens (including phenoxy) is 1. The van der Waals surface area contributed by atoms with E-state index in [0.29, 0.717) is 39.3 Å². The molecule has 59 heavy (non-hydrogen) atoms. The van der Waals surface area contributed by atoms with Crippen LogP contribution in [0.3, 0.4) is 0 Å². The molecule has 0 radical (unpaired) electrons. The number of rotatable bonds is 15. The van der Waals surface area contributed by atoms with Gasteiger partial charge in [0.15, 0.2) is 5.60 Å². The van der Waals surface area contributed by atoms with Crippen LogP contribution in [0.2, 0.25) is 10.0 Å². The van der Waals surface area contributed by atoms with Gasteiger partial charge in [0.1, 0.15) is 11.8 Å². The van der Waals surface area contributed by atoms with Gasteiger partial charge in [0, 0.05) is 36.3 Å². The molecule has 1 unspecified atom stereocenters. The number of aliphatic hydroxyl groups is 1. The number of amides is 1. The molecule has 6 N–H and O–H groups in total. The maximum absolute atomic E-state index is 14.1. The number of aliphatic carboxylic acids is 3. The number of benzene rings is 4. The Balaban J connectivity index is 0.000000509. The number of methoxy groups -OCH3 is 1. The van der Waals surface area contributed by atoms with Gasteiger partial charge in [0.25, 0.3) is 5.91 Å². The van der Waals surface area contributed by atoms with E-state index in [-0.39, 0.29) is 17.6 Å². The topological polar surface area (TPSA) is 232 Å². The normalized spacial score (nSPS) is 14.3. The fourth-order valence-electron chi connectivity index (χ4n) is 7.23. The van der Waals surface area contributed by atoms with E-state index in [0.717, 1.165) is 65.7 Å². The van der Waals surface area contributed by atoms with Crippen LogP contribution in [0.15, 0.2) is 71.6 Å². The van der Waals surface area contributed by atoms with Gasteiger partial charge in [-0.05, 0) is 97.0 Å². The van der Waals surface area contributed by atoms with Crippen LogP contribution in [0.4, 0.5) is 5.69 Å². The fraction of sp³-hybridized carbons (Fsp3) is 0.357. The summed E-state index contributed by atoms with van der Waals surface area (Å²) in [6.07, 6.45) is 2.14. The van der Waals surface area contributed by atoms with Crippen LogP contribution < -0.4 is 10.5 Å². The standard InChI is InChI=1S/C36H38Cl2N4O3S.C6H8O7/c1-41(36(43)34-30-7-5-4-6-25(30)18-27(21-39)35(34)45-2)22-26(24-8-11-31(37)32(38)19-24)14-17-42-15-12-23(13-16-42)29-10-9-28(40)20-33(29)46(3)44;7-3(8)1-6(13,5(11)12)2-4(9)10/h4-11,18-20,23,26H,12-17,22,40H2,1-3H3;13H,1-2H2,(H,7,8)(H,9,10)(H,11,12)/t26-,46?;/m1./s1. The van der Waals surface area contributed by atoms with Crippen molar-refractivity contribution < 1.29 is 48.6 Å². The Kier molecular flexibility index (Phi) is 16.2. The van der Waals surface area contributed by atoms with E-state index in [1.807, 2.05) is 54.6 Å². The van der Waals surface area contributed by atoms with Gasteiger partial charge < -0.3 is 40.7 Å². The summed E-state index contributed by atoms with van der Waals surface area (Å²) in [5.41, 5.74) is 6.71. The van der Waals surface area contributed by atoms with Gasteiger partial charge in [-0.3, -0.25) is 18.6 Å². The highest BCUT2D eigenvalue weighted by Gasteiger charge is 2.41. The molecule has 1 heterocycles. The van der Waals surface area contributed by atoms with E-state index in [2.05, 4.69) is 11.0 Å². The van der Waals surface area contributed by atoms with Crippen molar-refractivity contribution in [1.29, 1.82) is 5.26 Å². The molecular weight excluding hydrogens is 823 g/mol. The molecule has 0 bridgehead atoms. The van der Waals surface area contributed by atoms with E-state index in [9.17, 15) is 28.6 Å². The van der Waals surface area contributed by atoms with Crippen LogP contribution in [0.5, 0.6) is 5.75 Å². The second-order valence-corrected chi connectivity index (χ2v) is 16.5. The number of carboxylic acid groups (broad SMARTS) is 3. The number of likely N-dealkylation sites (tertiary alicyclic amines) is 1. The minimum atomic E-state index is -2.74. The molecule has 0 aromatic heterocycles. The summed E-state index contributed by atoms with van der Waals surface area (Å²) in [6.45, 7) is 3.10. The first kappa shape index (κ1) is 46.4. The van der Waals surface area contributed by atoms with Crippen molar-refractivity contribution in [2.75, 3.05) is 52.3 Å². The molecule has 0 aliphatic carbocycles. The first-order chi connectivity index (χ1) is 27.9. The summed E-state index contributed by atoms with van der Waals surface area (Å²) in [6, 6.07) is 22.9. The molecule has 0 spiro atoms. The predicted octanol–water partition coefficient (Wildman–Crippen LogP) is 6.22. The van der Waals surface area contributed by atoms with E-state index >= 15 is 0 Å². The Hall–Kier alpha value is -5.24. The first-order valence-corrected chi connectivity index (χ1v) is 20.7. The summed E-state index contributed by atoms with van der Waals surface area (Å²) in [5, 5.41) is 46.1. The molecule has 1 amide bonds. The Morgan fingerprint density at radius 1 is 1.00 bits per heavy atom. The molecular formula is C42H46Cl2N4O10S. The van der Waals surface area contributed by atoms with Gasteiger partial charge >= 0.3 is 17.9 Å². The molecule has 0 saturated carbocycles. The third-order valence-electron chi connectivity index (χ3n) is 10.3. The monoisotopic (exact) mass is 868 g/mol. The zero-order valence-electron chi connectivity index (χ0n) is 32.7. The van der Waals surface area contributed by atoms with Crippen molar-refractivity contribution in [3.63, 3.8) is 0 Å². The number of nitrogen functional groups attached to an aromatic ring is 1. The molecule has 17 heteroatoms. The average molecular weight is 870 g/mol. The molecule has 2 atom stereocenters. The smallest absolute Gasteiger partial charge is 0.336 e. The van der Waals surface area contributed by atoms with E-state index in [4.69, 9.17) is 54.1 Å². The lowest BCUT2D eigenvalue weighted by atomic mass is 9.88. The first-order valence-electron chi connectivity index (χ1n) is 18.4. The molecule has 1 saturated heterocycles. The number of likely N-dealkylation sites (N-methyl/N-ethyl adjacent to an activating group) is 1. The average Bonchev–Trinajstić information content (AvgIpc) is 3.19. The lowest BCUT2D eigenvalue weighted by molar-refractivity contribution is -0.170. The maximum Gasteiger partial charge on any atom is 0.336 e. The van der Waals surface area contributed by atoms with Crippen LogP contribution in [0.1, 0.15) is 71.0 Å². The summed E-state index contributed by atoms with van der Waals surface area (Å²) in [5.74, 6) is -4.65. The lowest BCUT2D eigenvalue weighted by Gasteiger charge is -2.34. The molecule has 1 aliphatic rings. The molecule has 1 aliphatic heterocycles. The predicted molar refractivity (Wildman–Crippen MR) is 225 cm³/mol. The number of nitrogens with zero attached hydrogens (tertiary/aromatic N) is 3. The third kappa shape index (κ3) is 11.9. The largest absolute Gasteiger partial charge is 0.495 e. The second-order valence-electron chi connectivity index (χ2n) is 14.4. The van der Waals surface area contributed by atoms with Crippen LogP contribution >= 0.6 is 23.2 Å². The number of carbonyl (C=O) groups excluding carboxylic acids is 1.